The number of sulfonamides is 1. The first-order valence-corrected chi connectivity index (χ1v) is 5.87. The van der Waals surface area contributed by atoms with Crippen molar-refractivity contribution in [1.29, 1.82) is 0 Å². The average molecular weight is 191 g/mol. The van der Waals surface area contributed by atoms with Gasteiger partial charge in [-0.15, -0.1) is 0 Å². The number of rotatable bonds is 3. The zero-order valence-electron chi connectivity index (χ0n) is 6.07. The maximum absolute atomic E-state index is 10.6. The van der Waals surface area contributed by atoms with E-state index in [1.54, 1.807) is 11.3 Å². The lowest BCUT2D eigenvalue weighted by Crippen LogP contribution is -2.20. The van der Waals surface area contributed by atoms with E-state index >= 15 is 0 Å². The summed E-state index contributed by atoms with van der Waals surface area (Å²) in [5.74, 6) is 0. The van der Waals surface area contributed by atoms with Crippen LogP contribution in [0.2, 0.25) is 0 Å². The summed E-state index contributed by atoms with van der Waals surface area (Å²) in [6.45, 7) is 0.391. The zero-order chi connectivity index (χ0) is 8.32. The van der Waals surface area contributed by atoms with Gasteiger partial charge >= 0.3 is 0 Å². The van der Waals surface area contributed by atoms with Crippen LogP contribution in [-0.4, -0.2) is 14.7 Å². The highest BCUT2D eigenvalue weighted by atomic mass is 32.2. The summed E-state index contributed by atoms with van der Waals surface area (Å²) in [6, 6.07) is 1.89. The van der Waals surface area contributed by atoms with Crippen molar-refractivity contribution in [2.24, 2.45) is 0 Å². The quantitative estimate of drug-likeness (QED) is 0.768. The highest BCUT2D eigenvalue weighted by molar-refractivity contribution is 7.88. The standard InChI is InChI=1S/C6H9NO2S2/c1-11(8,9)7-4-6-2-3-10-5-6/h2-3,5,7H,4H2,1H3. The van der Waals surface area contributed by atoms with Crippen molar-refractivity contribution in [3.8, 4) is 0 Å². The van der Waals surface area contributed by atoms with Crippen LogP contribution in [-0.2, 0) is 16.6 Å². The molecular weight excluding hydrogens is 182 g/mol. The van der Waals surface area contributed by atoms with Gasteiger partial charge in [-0.3, -0.25) is 0 Å². The Kier molecular flexibility index (Phi) is 2.64. The van der Waals surface area contributed by atoms with Crippen molar-refractivity contribution in [1.82, 2.24) is 4.72 Å². The van der Waals surface area contributed by atoms with Crippen molar-refractivity contribution >= 4 is 21.4 Å². The highest BCUT2D eigenvalue weighted by Crippen LogP contribution is 2.04. The van der Waals surface area contributed by atoms with Gasteiger partial charge in [0.2, 0.25) is 10.0 Å². The van der Waals surface area contributed by atoms with Crippen LogP contribution in [0, 0.1) is 0 Å². The Hall–Kier alpha value is -0.390. The van der Waals surface area contributed by atoms with Gasteiger partial charge in [-0.2, -0.15) is 11.3 Å². The van der Waals surface area contributed by atoms with Crippen molar-refractivity contribution in [2.75, 3.05) is 6.26 Å². The molecule has 0 aliphatic heterocycles. The van der Waals surface area contributed by atoms with Crippen LogP contribution in [0.25, 0.3) is 0 Å². The molecule has 0 saturated carbocycles. The first-order chi connectivity index (χ1) is 5.08. The van der Waals surface area contributed by atoms with E-state index in [2.05, 4.69) is 4.72 Å². The molecule has 0 fully saturated rings. The molecule has 0 amide bonds. The molecule has 11 heavy (non-hydrogen) atoms. The second-order valence-electron chi connectivity index (χ2n) is 2.22. The molecule has 0 aromatic carbocycles. The third-order valence-corrected chi connectivity index (χ3v) is 2.52. The summed E-state index contributed by atoms with van der Waals surface area (Å²) in [7, 11) is -3.05. The first kappa shape index (κ1) is 8.70. The van der Waals surface area contributed by atoms with E-state index in [-0.39, 0.29) is 0 Å². The Morgan fingerprint density at radius 2 is 2.36 bits per heavy atom. The fourth-order valence-corrected chi connectivity index (χ4v) is 1.71. The summed E-state index contributed by atoms with van der Waals surface area (Å²) in [6.07, 6.45) is 1.15. The van der Waals surface area contributed by atoms with Crippen LogP contribution in [0.15, 0.2) is 16.8 Å². The molecule has 1 rings (SSSR count). The van der Waals surface area contributed by atoms with E-state index in [0.29, 0.717) is 6.54 Å². The van der Waals surface area contributed by atoms with Crippen LogP contribution in [0.4, 0.5) is 0 Å². The minimum absolute atomic E-state index is 0.391. The Bertz CT molecular complexity index is 301. The van der Waals surface area contributed by atoms with Crippen molar-refractivity contribution in [2.45, 2.75) is 6.54 Å². The van der Waals surface area contributed by atoms with E-state index in [9.17, 15) is 8.42 Å². The Morgan fingerprint density at radius 1 is 1.64 bits per heavy atom. The third kappa shape index (κ3) is 3.50. The zero-order valence-corrected chi connectivity index (χ0v) is 7.71. The van der Waals surface area contributed by atoms with Gasteiger partial charge in [0.15, 0.2) is 0 Å². The molecular formula is C6H9NO2S2. The minimum atomic E-state index is -3.05. The van der Waals surface area contributed by atoms with E-state index in [1.165, 1.54) is 0 Å². The monoisotopic (exact) mass is 191 g/mol. The maximum atomic E-state index is 10.6. The van der Waals surface area contributed by atoms with Gasteiger partial charge in [-0.05, 0) is 22.4 Å². The molecule has 0 radical (unpaired) electrons. The van der Waals surface area contributed by atoms with Crippen molar-refractivity contribution < 1.29 is 8.42 Å². The summed E-state index contributed by atoms with van der Waals surface area (Å²) in [5.41, 5.74) is 1.00. The van der Waals surface area contributed by atoms with Gasteiger partial charge < -0.3 is 0 Å². The van der Waals surface area contributed by atoms with E-state index in [1.807, 2.05) is 16.8 Å². The number of nitrogens with one attached hydrogen (secondary N) is 1. The normalized spacial score (nSPS) is 11.7. The molecule has 1 aromatic heterocycles. The van der Waals surface area contributed by atoms with Gasteiger partial charge in [-0.25, -0.2) is 13.1 Å². The number of hydrogen-bond acceptors (Lipinski definition) is 3. The van der Waals surface area contributed by atoms with E-state index in [0.717, 1.165) is 11.8 Å². The lowest BCUT2D eigenvalue weighted by molar-refractivity contribution is 0.587. The minimum Gasteiger partial charge on any atom is -0.213 e. The molecule has 0 bridgehead atoms. The largest absolute Gasteiger partial charge is 0.213 e. The molecule has 0 aliphatic carbocycles. The van der Waals surface area contributed by atoms with Crippen LogP contribution >= 0.6 is 11.3 Å². The molecule has 0 aliphatic rings. The molecule has 3 nitrogen and oxygen atoms in total. The Labute approximate surface area is 70.1 Å². The molecule has 1 N–H and O–H groups in total. The molecule has 5 heteroatoms. The van der Waals surface area contributed by atoms with Gasteiger partial charge in [0.25, 0.3) is 0 Å². The lowest BCUT2D eigenvalue weighted by atomic mass is 10.4. The Morgan fingerprint density at radius 3 is 2.82 bits per heavy atom. The maximum Gasteiger partial charge on any atom is 0.209 e. The molecule has 62 valence electrons. The predicted molar refractivity (Wildman–Crippen MR) is 46.0 cm³/mol. The van der Waals surface area contributed by atoms with Gasteiger partial charge in [0, 0.05) is 6.54 Å². The molecule has 0 saturated heterocycles. The van der Waals surface area contributed by atoms with Crippen molar-refractivity contribution in [3.05, 3.63) is 22.4 Å². The number of hydrogen-bond donors (Lipinski definition) is 1. The fraction of sp³-hybridized carbons (Fsp3) is 0.333. The molecule has 1 heterocycles. The second kappa shape index (κ2) is 3.34. The van der Waals surface area contributed by atoms with Crippen LogP contribution < -0.4 is 4.72 Å². The van der Waals surface area contributed by atoms with Gasteiger partial charge in [0.1, 0.15) is 0 Å². The van der Waals surface area contributed by atoms with E-state index in [4.69, 9.17) is 0 Å². The first-order valence-electron chi connectivity index (χ1n) is 3.03. The average Bonchev–Trinajstić information content (AvgIpc) is 2.32. The molecule has 0 spiro atoms. The molecule has 1 aromatic rings. The van der Waals surface area contributed by atoms with Crippen LogP contribution in [0.1, 0.15) is 5.56 Å². The van der Waals surface area contributed by atoms with Gasteiger partial charge in [0.05, 0.1) is 6.26 Å². The predicted octanol–water partition coefficient (Wildman–Crippen LogP) is 0.797. The molecule has 0 unspecified atom stereocenters. The van der Waals surface area contributed by atoms with Gasteiger partial charge in [-0.1, -0.05) is 0 Å². The third-order valence-electron chi connectivity index (χ3n) is 1.12. The summed E-state index contributed by atoms with van der Waals surface area (Å²) in [5, 5.41) is 3.83. The van der Waals surface area contributed by atoms with E-state index < -0.39 is 10.0 Å². The van der Waals surface area contributed by atoms with Crippen LogP contribution in [0.5, 0.6) is 0 Å². The van der Waals surface area contributed by atoms with Crippen molar-refractivity contribution in [3.63, 3.8) is 0 Å². The SMILES string of the molecule is CS(=O)(=O)NCc1ccsc1. The molecule has 0 atom stereocenters. The Balaban J connectivity index is 2.48. The summed E-state index contributed by atoms with van der Waals surface area (Å²) in [4.78, 5) is 0. The highest BCUT2D eigenvalue weighted by Gasteiger charge is 1.99. The van der Waals surface area contributed by atoms with Crippen LogP contribution in [0.3, 0.4) is 0 Å². The second-order valence-corrected chi connectivity index (χ2v) is 4.84. The summed E-state index contributed by atoms with van der Waals surface area (Å²) < 4.78 is 23.6. The number of thiophene rings is 1. The summed E-state index contributed by atoms with van der Waals surface area (Å²) >= 11 is 1.56. The smallest absolute Gasteiger partial charge is 0.209 e. The fourth-order valence-electron chi connectivity index (χ4n) is 0.608. The lowest BCUT2D eigenvalue weighted by Gasteiger charge is -1.97. The topological polar surface area (TPSA) is 46.2 Å².